The molecule has 3 nitrogen and oxygen atoms in total. The van der Waals surface area contributed by atoms with Gasteiger partial charge in [-0.05, 0) is 12.1 Å². The van der Waals surface area contributed by atoms with Crippen LogP contribution in [-0.4, -0.2) is 13.1 Å². The normalized spacial score (nSPS) is 11.3. The summed E-state index contributed by atoms with van der Waals surface area (Å²) in [6.07, 6.45) is -8.24. The Labute approximate surface area is 104 Å². The Morgan fingerprint density at radius 3 is 2.32 bits per heavy atom. The summed E-state index contributed by atoms with van der Waals surface area (Å²) in [6, 6.07) is 1.75. The lowest BCUT2D eigenvalue weighted by molar-refractivity contribution is -0.137. The van der Waals surface area contributed by atoms with Gasteiger partial charge in [-0.15, -0.1) is 0 Å². The molecule has 0 atom stereocenters. The second kappa shape index (κ2) is 5.22. The van der Waals surface area contributed by atoms with Crippen molar-refractivity contribution >= 4 is 5.97 Å². The van der Waals surface area contributed by atoms with Crippen molar-refractivity contribution in [3.05, 3.63) is 34.4 Å². The molecule has 0 radical (unpaired) electrons. The number of esters is 1. The number of alkyl halides is 5. The number of nitriles is 1. The van der Waals surface area contributed by atoms with Gasteiger partial charge in [0.2, 0.25) is 0 Å². The SMILES string of the molecule is COC(=O)c1c(C#N)cc(C(F)(F)F)cc1C(F)F. The maximum Gasteiger partial charge on any atom is 0.416 e. The van der Waals surface area contributed by atoms with E-state index in [1.807, 2.05) is 0 Å². The first-order valence-electron chi connectivity index (χ1n) is 4.74. The Kier molecular flexibility index (Phi) is 4.09. The number of benzene rings is 1. The third-order valence-corrected chi connectivity index (χ3v) is 2.24. The van der Waals surface area contributed by atoms with Gasteiger partial charge in [0.1, 0.15) is 6.07 Å². The minimum Gasteiger partial charge on any atom is -0.465 e. The van der Waals surface area contributed by atoms with Crippen molar-refractivity contribution < 1.29 is 31.5 Å². The predicted octanol–water partition coefficient (Wildman–Crippen LogP) is 3.30. The monoisotopic (exact) mass is 279 g/mol. The molecule has 0 spiro atoms. The summed E-state index contributed by atoms with van der Waals surface area (Å²) in [6.45, 7) is 0. The Morgan fingerprint density at radius 1 is 1.37 bits per heavy atom. The summed E-state index contributed by atoms with van der Waals surface area (Å²) in [4.78, 5) is 11.3. The van der Waals surface area contributed by atoms with E-state index < -0.39 is 40.8 Å². The molecule has 1 aromatic carbocycles. The van der Waals surface area contributed by atoms with Gasteiger partial charge in [-0.1, -0.05) is 0 Å². The lowest BCUT2D eigenvalue weighted by atomic mass is 9.98. The van der Waals surface area contributed by atoms with Crippen molar-refractivity contribution in [1.82, 2.24) is 0 Å². The first-order chi connectivity index (χ1) is 8.72. The number of carbonyl (C=O) groups excluding carboxylic acids is 1. The predicted molar refractivity (Wildman–Crippen MR) is 52.5 cm³/mol. The number of carbonyl (C=O) groups is 1. The van der Waals surface area contributed by atoms with Crippen molar-refractivity contribution in [1.29, 1.82) is 5.26 Å². The third-order valence-electron chi connectivity index (χ3n) is 2.24. The Balaban J connectivity index is 3.65. The number of ether oxygens (including phenoxy) is 1. The van der Waals surface area contributed by atoms with E-state index in [4.69, 9.17) is 5.26 Å². The van der Waals surface area contributed by atoms with E-state index in [-0.39, 0.29) is 6.07 Å². The van der Waals surface area contributed by atoms with Gasteiger partial charge in [-0.25, -0.2) is 13.6 Å². The molecule has 19 heavy (non-hydrogen) atoms. The molecule has 0 aromatic heterocycles. The third kappa shape index (κ3) is 2.99. The van der Waals surface area contributed by atoms with Crippen LogP contribution in [0.1, 0.15) is 33.5 Å². The summed E-state index contributed by atoms with van der Waals surface area (Å²) in [5.41, 5.74) is -4.27. The van der Waals surface area contributed by atoms with Crippen LogP contribution in [0, 0.1) is 11.3 Å². The molecule has 102 valence electrons. The molecule has 0 amide bonds. The van der Waals surface area contributed by atoms with E-state index in [2.05, 4.69) is 4.74 Å². The van der Waals surface area contributed by atoms with Gasteiger partial charge in [0.05, 0.1) is 23.8 Å². The molecule has 0 heterocycles. The van der Waals surface area contributed by atoms with Gasteiger partial charge in [0.15, 0.2) is 0 Å². The van der Waals surface area contributed by atoms with Crippen LogP contribution in [-0.2, 0) is 10.9 Å². The fraction of sp³-hybridized carbons (Fsp3) is 0.273. The minimum atomic E-state index is -4.90. The van der Waals surface area contributed by atoms with E-state index in [0.717, 1.165) is 7.11 Å². The molecule has 0 fully saturated rings. The number of hydrogen-bond acceptors (Lipinski definition) is 3. The maximum atomic E-state index is 12.7. The van der Waals surface area contributed by atoms with Gasteiger partial charge in [-0.2, -0.15) is 18.4 Å². The van der Waals surface area contributed by atoms with Gasteiger partial charge in [0.25, 0.3) is 6.43 Å². The number of hydrogen-bond donors (Lipinski definition) is 0. The van der Waals surface area contributed by atoms with Crippen LogP contribution in [0.2, 0.25) is 0 Å². The van der Waals surface area contributed by atoms with Crippen molar-refractivity contribution in [2.24, 2.45) is 0 Å². The standard InChI is InChI=1S/C11H6F5NO2/c1-19-10(18)8-5(4-17)2-6(11(14,15)16)3-7(8)9(12)13/h2-3,9H,1H3. The highest BCUT2D eigenvalue weighted by Crippen LogP contribution is 2.35. The first-order valence-corrected chi connectivity index (χ1v) is 4.74. The fourth-order valence-electron chi connectivity index (χ4n) is 1.42. The topological polar surface area (TPSA) is 50.1 Å². The molecule has 0 N–H and O–H groups in total. The Hall–Kier alpha value is -2.17. The average Bonchev–Trinajstić information content (AvgIpc) is 2.34. The van der Waals surface area contributed by atoms with Crippen molar-refractivity contribution in [3.63, 3.8) is 0 Å². The molecule has 1 aromatic rings. The van der Waals surface area contributed by atoms with Crippen LogP contribution in [0.25, 0.3) is 0 Å². The zero-order valence-electron chi connectivity index (χ0n) is 9.39. The zero-order valence-corrected chi connectivity index (χ0v) is 9.39. The van der Waals surface area contributed by atoms with E-state index in [1.165, 1.54) is 6.07 Å². The quantitative estimate of drug-likeness (QED) is 0.616. The van der Waals surface area contributed by atoms with E-state index >= 15 is 0 Å². The van der Waals surface area contributed by atoms with Crippen LogP contribution in [0.5, 0.6) is 0 Å². The fourth-order valence-corrected chi connectivity index (χ4v) is 1.42. The van der Waals surface area contributed by atoms with Crippen LogP contribution in [0.15, 0.2) is 12.1 Å². The Bertz CT molecular complexity index is 545. The molecule has 1 rings (SSSR count). The van der Waals surface area contributed by atoms with Gasteiger partial charge < -0.3 is 4.74 Å². The second-order valence-electron chi connectivity index (χ2n) is 3.39. The largest absolute Gasteiger partial charge is 0.465 e. The molecular formula is C11H6F5NO2. The molecule has 0 aliphatic heterocycles. The summed E-state index contributed by atoms with van der Waals surface area (Å²) >= 11 is 0. The minimum absolute atomic E-state index is 0.137. The average molecular weight is 279 g/mol. The van der Waals surface area contributed by atoms with E-state index in [1.54, 1.807) is 0 Å². The number of methoxy groups -OCH3 is 1. The Morgan fingerprint density at radius 2 is 1.95 bits per heavy atom. The van der Waals surface area contributed by atoms with Gasteiger partial charge >= 0.3 is 12.1 Å². The lowest BCUT2D eigenvalue weighted by Crippen LogP contribution is -2.13. The van der Waals surface area contributed by atoms with Crippen LogP contribution >= 0.6 is 0 Å². The molecule has 0 aliphatic rings. The smallest absolute Gasteiger partial charge is 0.416 e. The first kappa shape index (κ1) is 14.9. The summed E-state index contributed by atoms with van der Waals surface area (Å²) in [5, 5.41) is 8.69. The highest BCUT2D eigenvalue weighted by Gasteiger charge is 2.34. The highest BCUT2D eigenvalue weighted by molar-refractivity contribution is 5.94. The van der Waals surface area contributed by atoms with E-state index in [9.17, 15) is 26.7 Å². The van der Waals surface area contributed by atoms with Crippen LogP contribution in [0.3, 0.4) is 0 Å². The highest BCUT2D eigenvalue weighted by atomic mass is 19.4. The maximum absolute atomic E-state index is 12.7. The molecular weight excluding hydrogens is 273 g/mol. The molecule has 0 bridgehead atoms. The van der Waals surface area contributed by atoms with Gasteiger partial charge in [-0.3, -0.25) is 0 Å². The molecule has 0 saturated heterocycles. The van der Waals surface area contributed by atoms with Crippen LogP contribution in [0.4, 0.5) is 22.0 Å². The number of nitrogens with zero attached hydrogens (tertiary/aromatic N) is 1. The molecule has 0 unspecified atom stereocenters. The summed E-state index contributed by atoms with van der Waals surface area (Å²) in [7, 11) is 0.871. The molecule has 8 heteroatoms. The number of rotatable bonds is 2. The molecule has 0 aliphatic carbocycles. The van der Waals surface area contributed by atoms with Gasteiger partial charge in [0, 0.05) is 5.56 Å². The summed E-state index contributed by atoms with van der Waals surface area (Å²) < 4.78 is 67.1. The summed E-state index contributed by atoms with van der Waals surface area (Å²) in [5.74, 6) is -1.29. The molecule has 0 saturated carbocycles. The van der Waals surface area contributed by atoms with E-state index in [0.29, 0.717) is 6.07 Å². The second-order valence-corrected chi connectivity index (χ2v) is 3.39. The van der Waals surface area contributed by atoms with Crippen molar-refractivity contribution in [2.45, 2.75) is 12.6 Å². The van der Waals surface area contributed by atoms with Crippen molar-refractivity contribution in [3.8, 4) is 6.07 Å². The number of halogens is 5. The van der Waals surface area contributed by atoms with Crippen LogP contribution < -0.4 is 0 Å². The van der Waals surface area contributed by atoms with Crippen molar-refractivity contribution in [2.75, 3.05) is 7.11 Å². The lowest BCUT2D eigenvalue weighted by Gasteiger charge is -2.13. The zero-order chi connectivity index (χ0) is 14.8.